The van der Waals surface area contributed by atoms with Gasteiger partial charge < -0.3 is 15.0 Å². The lowest BCUT2D eigenvalue weighted by Crippen LogP contribution is -2.21. The summed E-state index contributed by atoms with van der Waals surface area (Å²) in [6.07, 6.45) is 1.53. The number of anilines is 1. The molecule has 1 amide bonds. The summed E-state index contributed by atoms with van der Waals surface area (Å²) in [6, 6.07) is 14.9. The van der Waals surface area contributed by atoms with E-state index in [2.05, 4.69) is 10.5 Å². The Morgan fingerprint density at radius 1 is 1.15 bits per heavy atom. The van der Waals surface area contributed by atoms with E-state index in [9.17, 15) is 14.8 Å². The van der Waals surface area contributed by atoms with Crippen molar-refractivity contribution in [3.8, 4) is 5.88 Å². The summed E-state index contributed by atoms with van der Waals surface area (Å²) < 4.78 is 1.65. The van der Waals surface area contributed by atoms with Crippen LogP contribution in [0.3, 0.4) is 0 Å². The van der Waals surface area contributed by atoms with Crippen LogP contribution in [-0.4, -0.2) is 15.6 Å². The van der Waals surface area contributed by atoms with Crippen LogP contribution in [0, 0.1) is 10.8 Å². The molecule has 0 aliphatic rings. The molecule has 6 heteroatoms. The van der Waals surface area contributed by atoms with E-state index >= 15 is 0 Å². The van der Waals surface area contributed by atoms with Crippen molar-refractivity contribution in [2.45, 2.75) is 33.2 Å². The molecular weight excluding hydrogens is 342 g/mol. The highest BCUT2D eigenvalue weighted by molar-refractivity contribution is 6.00. The van der Waals surface area contributed by atoms with Crippen LogP contribution in [-0.2, 0) is 11.3 Å². The van der Waals surface area contributed by atoms with Crippen LogP contribution in [0.25, 0.3) is 10.9 Å². The average molecular weight is 365 g/mol. The van der Waals surface area contributed by atoms with E-state index in [4.69, 9.17) is 0 Å². The number of hydrogen-bond acceptors (Lipinski definition) is 4. The van der Waals surface area contributed by atoms with Gasteiger partial charge in [0, 0.05) is 17.0 Å². The Hall–Kier alpha value is -3.15. The van der Waals surface area contributed by atoms with Gasteiger partial charge in [0.2, 0.25) is 11.8 Å². The molecule has 0 unspecified atom stereocenters. The smallest absolute Gasteiger partial charge is 0.227 e. The van der Waals surface area contributed by atoms with E-state index in [1.807, 2.05) is 44.2 Å². The number of benzene rings is 2. The van der Waals surface area contributed by atoms with Crippen molar-refractivity contribution < 1.29 is 9.90 Å². The Morgan fingerprint density at radius 3 is 2.48 bits per heavy atom. The van der Waals surface area contributed by atoms with Crippen LogP contribution < -0.4 is 5.32 Å². The molecule has 0 aliphatic carbocycles. The predicted octanol–water partition coefficient (Wildman–Crippen LogP) is 5.17. The van der Waals surface area contributed by atoms with E-state index in [1.54, 1.807) is 22.8 Å². The number of carbonyl (C=O) groups is 1. The van der Waals surface area contributed by atoms with E-state index in [-0.39, 0.29) is 23.4 Å². The molecule has 0 atom stereocenters. The van der Waals surface area contributed by atoms with Crippen LogP contribution in [0.15, 0.2) is 53.7 Å². The van der Waals surface area contributed by atoms with Crippen molar-refractivity contribution in [1.82, 2.24) is 4.57 Å². The highest BCUT2D eigenvalue weighted by Crippen LogP contribution is 2.40. The molecule has 27 heavy (non-hydrogen) atoms. The Bertz CT molecular complexity index is 960. The van der Waals surface area contributed by atoms with Gasteiger partial charge in [0.15, 0.2) is 5.69 Å². The number of rotatable bonds is 7. The fourth-order valence-electron chi connectivity index (χ4n) is 3.32. The number of fused-ring (bicyclic) bond motifs is 1. The highest BCUT2D eigenvalue weighted by Gasteiger charge is 2.19. The molecule has 0 bridgehead atoms. The van der Waals surface area contributed by atoms with Gasteiger partial charge in [0.25, 0.3) is 0 Å². The Balaban J connectivity index is 1.99. The first-order valence-electron chi connectivity index (χ1n) is 9.12. The SMILES string of the molecule is CCC(CC)C(=O)Nc1ccc2c(c1)c(N=O)c(O)n2Cc1ccccc1. The second-order valence-corrected chi connectivity index (χ2v) is 6.57. The van der Waals surface area contributed by atoms with Crippen LogP contribution in [0.4, 0.5) is 11.4 Å². The molecule has 1 heterocycles. The van der Waals surface area contributed by atoms with Gasteiger partial charge in [0.05, 0.1) is 12.1 Å². The number of carbonyl (C=O) groups excluding carboxylic acids is 1. The normalized spacial score (nSPS) is 11.1. The zero-order valence-electron chi connectivity index (χ0n) is 15.5. The summed E-state index contributed by atoms with van der Waals surface area (Å²) in [5, 5.41) is 16.9. The summed E-state index contributed by atoms with van der Waals surface area (Å²) in [5.74, 6) is -0.277. The molecule has 0 radical (unpaired) electrons. The van der Waals surface area contributed by atoms with Crippen LogP contribution >= 0.6 is 0 Å². The van der Waals surface area contributed by atoms with Gasteiger partial charge in [-0.1, -0.05) is 44.2 Å². The molecule has 2 N–H and O–H groups in total. The molecule has 3 rings (SSSR count). The molecule has 2 aromatic carbocycles. The minimum Gasteiger partial charge on any atom is -0.493 e. The van der Waals surface area contributed by atoms with E-state index in [0.29, 0.717) is 23.1 Å². The van der Waals surface area contributed by atoms with Crippen molar-refractivity contribution >= 4 is 28.2 Å². The van der Waals surface area contributed by atoms with Crippen molar-refractivity contribution in [3.05, 3.63) is 59.0 Å². The molecule has 0 fully saturated rings. The summed E-state index contributed by atoms with van der Waals surface area (Å²) in [5.41, 5.74) is 2.25. The first-order valence-corrected chi connectivity index (χ1v) is 9.12. The number of aromatic hydroxyl groups is 1. The minimum atomic E-state index is -0.174. The lowest BCUT2D eigenvalue weighted by molar-refractivity contribution is -0.120. The van der Waals surface area contributed by atoms with E-state index in [1.165, 1.54) is 0 Å². The Kier molecular flexibility index (Phi) is 5.54. The molecule has 6 nitrogen and oxygen atoms in total. The highest BCUT2D eigenvalue weighted by atomic mass is 16.3. The van der Waals surface area contributed by atoms with Gasteiger partial charge in [-0.05, 0) is 41.8 Å². The van der Waals surface area contributed by atoms with Crippen molar-refractivity contribution in [2.75, 3.05) is 5.32 Å². The van der Waals surface area contributed by atoms with E-state index in [0.717, 1.165) is 18.4 Å². The maximum absolute atomic E-state index is 12.3. The molecule has 140 valence electrons. The first-order chi connectivity index (χ1) is 13.1. The average Bonchev–Trinajstić information content (AvgIpc) is 2.94. The molecule has 0 saturated carbocycles. The number of nitrogens with zero attached hydrogens (tertiary/aromatic N) is 2. The fraction of sp³-hybridized carbons (Fsp3) is 0.286. The summed E-state index contributed by atoms with van der Waals surface area (Å²) in [6.45, 7) is 4.37. The number of nitroso groups, excluding NO2 is 1. The first kappa shape index (κ1) is 18.6. The topological polar surface area (TPSA) is 83.7 Å². The van der Waals surface area contributed by atoms with Crippen molar-refractivity contribution in [3.63, 3.8) is 0 Å². The Labute approximate surface area is 157 Å². The molecule has 0 spiro atoms. The summed E-state index contributed by atoms with van der Waals surface area (Å²) in [4.78, 5) is 23.7. The van der Waals surface area contributed by atoms with Crippen LogP contribution in [0.2, 0.25) is 0 Å². The second kappa shape index (κ2) is 8.03. The van der Waals surface area contributed by atoms with Gasteiger partial charge in [-0.3, -0.25) is 4.79 Å². The largest absolute Gasteiger partial charge is 0.493 e. The quantitative estimate of drug-likeness (QED) is 0.567. The Morgan fingerprint density at radius 2 is 1.85 bits per heavy atom. The molecule has 3 aromatic rings. The lowest BCUT2D eigenvalue weighted by atomic mass is 10.0. The zero-order valence-corrected chi connectivity index (χ0v) is 15.5. The standard InChI is InChI=1S/C21H23N3O3/c1-3-15(4-2)20(25)22-16-10-11-18-17(12-16)19(23-27)21(26)24(18)13-14-8-6-5-7-9-14/h5-12,15,26H,3-4,13H2,1-2H3,(H,22,25). The number of amides is 1. The maximum Gasteiger partial charge on any atom is 0.227 e. The van der Waals surface area contributed by atoms with Gasteiger partial charge >= 0.3 is 0 Å². The summed E-state index contributed by atoms with van der Waals surface area (Å²) >= 11 is 0. The van der Waals surface area contributed by atoms with Crippen molar-refractivity contribution in [1.29, 1.82) is 0 Å². The third kappa shape index (κ3) is 3.69. The fourth-order valence-corrected chi connectivity index (χ4v) is 3.32. The maximum atomic E-state index is 12.3. The monoisotopic (exact) mass is 365 g/mol. The predicted molar refractivity (Wildman–Crippen MR) is 107 cm³/mol. The third-order valence-electron chi connectivity index (χ3n) is 4.91. The molecular formula is C21H23N3O3. The van der Waals surface area contributed by atoms with Crippen LogP contribution in [0.5, 0.6) is 5.88 Å². The van der Waals surface area contributed by atoms with Gasteiger partial charge in [-0.2, -0.15) is 0 Å². The third-order valence-corrected chi connectivity index (χ3v) is 4.91. The minimum absolute atomic E-state index is 0.0143. The number of aromatic nitrogens is 1. The number of nitrogens with one attached hydrogen (secondary N) is 1. The summed E-state index contributed by atoms with van der Waals surface area (Å²) in [7, 11) is 0. The molecule has 1 aromatic heterocycles. The molecule has 0 aliphatic heterocycles. The lowest BCUT2D eigenvalue weighted by Gasteiger charge is -2.13. The molecule has 0 saturated heterocycles. The van der Waals surface area contributed by atoms with Gasteiger partial charge in [-0.25, -0.2) is 0 Å². The zero-order chi connectivity index (χ0) is 19.4. The number of hydrogen-bond donors (Lipinski definition) is 2. The van der Waals surface area contributed by atoms with Crippen molar-refractivity contribution in [2.24, 2.45) is 11.1 Å². The second-order valence-electron chi connectivity index (χ2n) is 6.57. The van der Waals surface area contributed by atoms with Crippen LogP contribution in [0.1, 0.15) is 32.3 Å². The van der Waals surface area contributed by atoms with Gasteiger partial charge in [-0.15, -0.1) is 4.91 Å². The van der Waals surface area contributed by atoms with E-state index < -0.39 is 0 Å². The van der Waals surface area contributed by atoms with Gasteiger partial charge in [0.1, 0.15) is 0 Å².